The number of rotatable bonds is 4. The van der Waals surface area contributed by atoms with Gasteiger partial charge in [0.1, 0.15) is 0 Å². The summed E-state index contributed by atoms with van der Waals surface area (Å²) in [6.07, 6.45) is 0. The zero-order valence-corrected chi connectivity index (χ0v) is 13.8. The molecule has 0 aromatic heterocycles. The van der Waals surface area contributed by atoms with Gasteiger partial charge in [-0.3, -0.25) is 19.3 Å². The van der Waals surface area contributed by atoms with Crippen molar-refractivity contribution >= 4 is 23.6 Å². The van der Waals surface area contributed by atoms with Crippen LogP contribution in [0.5, 0.6) is 0 Å². The summed E-state index contributed by atoms with van der Waals surface area (Å²) >= 11 is 0. The number of amides is 4. The van der Waals surface area contributed by atoms with E-state index in [-0.39, 0.29) is 17.7 Å². The molecule has 0 N–H and O–H groups in total. The lowest BCUT2D eigenvalue weighted by atomic mass is 9.86. The Kier molecular flexibility index (Phi) is 4.36. The van der Waals surface area contributed by atoms with Crippen LogP contribution in [0.3, 0.4) is 0 Å². The summed E-state index contributed by atoms with van der Waals surface area (Å²) < 4.78 is 0. The molecule has 1 saturated heterocycles. The highest BCUT2D eigenvalue weighted by molar-refractivity contribution is 6.45. The van der Waals surface area contributed by atoms with Gasteiger partial charge in [0.25, 0.3) is 0 Å². The largest absolute Gasteiger partial charge is 0.334 e. The first-order chi connectivity index (χ1) is 10.7. The quantitative estimate of drug-likeness (QED) is 0.483. The average molecular weight is 316 g/mol. The highest BCUT2D eigenvalue weighted by atomic mass is 16.2. The second-order valence-electron chi connectivity index (χ2n) is 6.47. The lowest BCUT2D eigenvalue weighted by Crippen LogP contribution is -2.37. The minimum atomic E-state index is -0.948. The van der Waals surface area contributed by atoms with Crippen LogP contribution in [-0.2, 0) is 15.0 Å². The van der Waals surface area contributed by atoms with Gasteiger partial charge in [0.2, 0.25) is 0 Å². The molecule has 0 radical (unpaired) electrons. The molecule has 1 aliphatic heterocycles. The Hall–Kier alpha value is -2.50. The first-order valence-corrected chi connectivity index (χ1v) is 7.48. The molecule has 0 aliphatic carbocycles. The Labute approximate surface area is 135 Å². The van der Waals surface area contributed by atoms with Crippen molar-refractivity contribution in [1.29, 1.82) is 0 Å². The molecule has 1 aliphatic rings. The first kappa shape index (κ1) is 16.9. The molecule has 0 bridgehead atoms. The topological polar surface area (TPSA) is 74.8 Å². The minimum absolute atomic E-state index is 0.0312. The van der Waals surface area contributed by atoms with Gasteiger partial charge in [-0.25, -0.2) is 9.69 Å². The fourth-order valence-electron chi connectivity index (χ4n) is 2.36. The number of carbonyl (C=O) groups excluding carboxylic acids is 4. The van der Waals surface area contributed by atoms with E-state index in [0.717, 1.165) is 10.5 Å². The second-order valence-corrected chi connectivity index (χ2v) is 6.47. The maximum absolute atomic E-state index is 12.3. The number of urea groups is 1. The zero-order chi connectivity index (χ0) is 17.4. The minimum Gasteiger partial charge on any atom is -0.292 e. The molecule has 4 amide bonds. The van der Waals surface area contributed by atoms with Crippen LogP contribution in [0.1, 0.15) is 43.6 Å². The van der Waals surface area contributed by atoms with E-state index in [9.17, 15) is 19.2 Å². The summed E-state index contributed by atoms with van der Waals surface area (Å²) in [5, 5.41) is 0. The smallest absolute Gasteiger partial charge is 0.292 e. The van der Waals surface area contributed by atoms with Gasteiger partial charge in [-0.1, -0.05) is 45.0 Å². The van der Waals surface area contributed by atoms with Crippen molar-refractivity contribution in [1.82, 2.24) is 9.80 Å². The molecule has 1 aromatic carbocycles. The zero-order valence-electron chi connectivity index (χ0n) is 13.8. The third-order valence-electron chi connectivity index (χ3n) is 3.83. The van der Waals surface area contributed by atoms with Crippen molar-refractivity contribution in [2.24, 2.45) is 0 Å². The van der Waals surface area contributed by atoms with Gasteiger partial charge in [-0.05, 0) is 17.9 Å². The highest BCUT2D eigenvalue weighted by Gasteiger charge is 2.44. The fraction of sp³-hybridized carbons (Fsp3) is 0.412. The summed E-state index contributed by atoms with van der Waals surface area (Å²) in [5.74, 6) is -2.21. The number of hydrogen-bond donors (Lipinski definition) is 0. The van der Waals surface area contributed by atoms with Crippen molar-refractivity contribution in [3.8, 4) is 0 Å². The average Bonchev–Trinajstić information content (AvgIpc) is 2.70. The van der Waals surface area contributed by atoms with Crippen LogP contribution in [0.2, 0.25) is 0 Å². The van der Waals surface area contributed by atoms with Gasteiger partial charge in [-0.2, -0.15) is 0 Å². The predicted molar refractivity (Wildman–Crippen MR) is 84.0 cm³/mol. The van der Waals surface area contributed by atoms with E-state index in [1.807, 2.05) is 12.1 Å². The van der Waals surface area contributed by atoms with E-state index in [4.69, 9.17) is 0 Å². The van der Waals surface area contributed by atoms with Crippen molar-refractivity contribution < 1.29 is 19.2 Å². The molecule has 1 fully saturated rings. The van der Waals surface area contributed by atoms with Crippen LogP contribution in [0, 0.1) is 0 Å². The van der Waals surface area contributed by atoms with E-state index in [2.05, 4.69) is 20.8 Å². The van der Waals surface area contributed by atoms with Crippen LogP contribution in [-0.4, -0.2) is 46.5 Å². The molecule has 2 rings (SSSR count). The van der Waals surface area contributed by atoms with Crippen LogP contribution < -0.4 is 0 Å². The molecule has 122 valence electrons. The molecule has 0 atom stereocenters. The van der Waals surface area contributed by atoms with Gasteiger partial charge in [0, 0.05) is 12.1 Å². The van der Waals surface area contributed by atoms with E-state index >= 15 is 0 Å². The number of imide groups is 2. The number of ketones is 1. The maximum Gasteiger partial charge on any atom is 0.334 e. The van der Waals surface area contributed by atoms with Crippen molar-refractivity contribution in [3.63, 3.8) is 0 Å². The SMILES string of the molecule is CCN1C(=O)C(=O)N(CC(=O)c2ccc(C(C)(C)C)cc2)C1=O. The number of nitrogens with zero attached hydrogens (tertiary/aromatic N) is 2. The fourth-order valence-corrected chi connectivity index (χ4v) is 2.36. The summed E-state index contributed by atoms with van der Waals surface area (Å²) in [4.78, 5) is 49.2. The highest BCUT2D eigenvalue weighted by Crippen LogP contribution is 2.22. The Morgan fingerprint density at radius 1 is 0.957 bits per heavy atom. The Bertz CT molecular complexity index is 671. The van der Waals surface area contributed by atoms with Crippen molar-refractivity contribution in [2.75, 3.05) is 13.1 Å². The summed E-state index contributed by atoms with van der Waals surface area (Å²) in [6.45, 7) is 7.48. The Morgan fingerprint density at radius 3 is 1.91 bits per heavy atom. The van der Waals surface area contributed by atoms with E-state index in [0.29, 0.717) is 10.5 Å². The molecule has 1 heterocycles. The summed E-state index contributed by atoms with van der Waals surface area (Å²) in [7, 11) is 0. The number of Topliss-reactive ketones (excluding diaryl/α,β-unsaturated/α-hetero) is 1. The van der Waals surface area contributed by atoms with Crippen LogP contribution >= 0.6 is 0 Å². The third-order valence-corrected chi connectivity index (χ3v) is 3.83. The molecule has 6 nitrogen and oxygen atoms in total. The van der Waals surface area contributed by atoms with Gasteiger partial charge >= 0.3 is 17.8 Å². The van der Waals surface area contributed by atoms with Gasteiger partial charge in [0.15, 0.2) is 5.78 Å². The molecular formula is C17H20N2O4. The monoisotopic (exact) mass is 316 g/mol. The number of hydrogen-bond acceptors (Lipinski definition) is 4. The number of likely N-dealkylation sites (N-methyl/N-ethyl adjacent to an activating group) is 1. The Morgan fingerprint density at radius 2 is 1.48 bits per heavy atom. The number of carbonyl (C=O) groups is 4. The van der Waals surface area contributed by atoms with Crippen LogP contribution in [0.25, 0.3) is 0 Å². The van der Waals surface area contributed by atoms with Gasteiger partial charge in [-0.15, -0.1) is 0 Å². The lowest BCUT2D eigenvalue weighted by molar-refractivity contribution is -0.143. The molecule has 6 heteroatoms. The van der Waals surface area contributed by atoms with Crippen LogP contribution in [0.4, 0.5) is 4.79 Å². The normalized spacial score (nSPS) is 15.6. The predicted octanol–water partition coefficient (Wildman–Crippen LogP) is 1.98. The van der Waals surface area contributed by atoms with E-state index < -0.39 is 24.4 Å². The van der Waals surface area contributed by atoms with Crippen molar-refractivity contribution in [2.45, 2.75) is 33.1 Å². The standard InChI is InChI=1S/C17H20N2O4/c1-5-18-14(21)15(22)19(16(18)23)10-13(20)11-6-8-12(9-7-11)17(2,3)4/h6-9H,5,10H2,1-4H3. The van der Waals surface area contributed by atoms with Crippen LogP contribution in [0.15, 0.2) is 24.3 Å². The molecule has 0 unspecified atom stereocenters. The van der Waals surface area contributed by atoms with Gasteiger partial charge in [0.05, 0.1) is 6.54 Å². The van der Waals surface area contributed by atoms with Gasteiger partial charge < -0.3 is 0 Å². The van der Waals surface area contributed by atoms with Crippen molar-refractivity contribution in [3.05, 3.63) is 35.4 Å². The first-order valence-electron chi connectivity index (χ1n) is 7.48. The molecule has 23 heavy (non-hydrogen) atoms. The molecule has 1 aromatic rings. The molecule has 0 spiro atoms. The maximum atomic E-state index is 12.3. The number of benzene rings is 1. The molecule has 0 saturated carbocycles. The van der Waals surface area contributed by atoms with E-state index in [1.165, 1.54) is 0 Å². The van der Waals surface area contributed by atoms with E-state index in [1.54, 1.807) is 19.1 Å². The lowest BCUT2D eigenvalue weighted by Gasteiger charge is -2.19. The second kappa shape index (κ2) is 5.95. The third kappa shape index (κ3) is 3.16. The summed E-state index contributed by atoms with van der Waals surface area (Å²) in [5.41, 5.74) is 1.45. The summed E-state index contributed by atoms with van der Waals surface area (Å²) in [6, 6.07) is 6.32. The molecular weight excluding hydrogens is 296 g/mol. The Balaban J connectivity index is 2.15.